The van der Waals surface area contributed by atoms with Crippen LogP contribution < -0.4 is 0 Å². The zero-order valence-electron chi connectivity index (χ0n) is 10.3. The fraction of sp³-hybridized carbons (Fsp3) is 0.0833. The minimum atomic E-state index is -3.38. The smallest absolute Gasteiger partial charge is 0.337 e. The van der Waals surface area contributed by atoms with E-state index in [1.807, 2.05) is 0 Å². The third-order valence-corrected chi connectivity index (χ3v) is 4.55. The highest BCUT2D eigenvalue weighted by Crippen LogP contribution is 2.29. The molecule has 0 bridgehead atoms. The highest BCUT2D eigenvalue weighted by Gasteiger charge is 2.15. The van der Waals surface area contributed by atoms with Crippen molar-refractivity contribution in [1.29, 1.82) is 0 Å². The van der Waals surface area contributed by atoms with E-state index < -0.39 is 15.8 Å². The number of hydrogen-bond donors (Lipinski definition) is 1. The summed E-state index contributed by atoms with van der Waals surface area (Å²) in [5, 5.41) is 9.56. The second-order valence-corrected chi connectivity index (χ2v) is 6.86. The molecule has 6 nitrogen and oxygen atoms in total. The average molecular weight is 310 g/mol. The third-order valence-electron chi connectivity index (χ3n) is 2.32. The van der Waals surface area contributed by atoms with E-state index in [-0.39, 0.29) is 10.5 Å². The number of pyridine rings is 2. The second kappa shape index (κ2) is 5.59. The molecule has 0 saturated carbocycles. The van der Waals surface area contributed by atoms with Crippen molar-refractivity contribution in [2.75, 3.05) is 6.26 Å². The van der Waals surface area contributed by atoms with Crippen molar-refractivity contribution in [2.45, 2.75) is 14.9 Å². The first kappa shape index (κ1) is 14.5. The summed E-state index contributed by atoms with van der Waals surface area (Å²) in [7, 11) is -3.38. The van der Waals surface area contributed by atoms with Crippen molar-refractivity contribution in [2.24, 2.45) is 0 Å². The van der Waals surface area contributed by atoms with Crippen LogP contribution >= 0.6 is 11.8 Å². The van der Waals surface area contributed by atoms with Crippen molar-refractivity contribution in [1.82, 2.24) is 9.97 Å². The summed E-state index contributed by atoms with van der Waals surface area (Å²) in [6.45, 7) is 0. The van der Waals surface area contributed by atoms with E-state index in [1.54, 1.807) is 6.07 Å². The van der Waals surface area contributed by atoms with Gasteiger partial charge in [-0.05, 0) is 36.0 Å². The van der Waals surface area contributed by atoms with Crippen LogP contribution in [0, 0.1) is 0 Å². The summed E-state index contributed by atoms with van der Waals surface area (Å²) in [5.41, 5.74) is 0.0682. The maximum absolute atomic E-state index is 11.6. The molecule has 0 aromatic carbocycles. The van der Waals surface area contributed by atoms with E-state index >= 15 is 0 Å². The Balaban J connectivity index is 2.33. The molecular formula is C12H10N2O4S2. The standard InChI is InChI=1S/C12H10N2O4S2/c1-20(17,18)9-3-2-6-13-11(9)19-10-5-4-8(7-14-10)12(15)16/h2-7H,1H3,(H,15,16). The maximum atomic E-state index is 11.6. The Bertz CT molecular complexity index is 742. The fourth-order valence-corrected chi connectivity index (χ4v) is 3.40. The molecule has 0 fully saturated rings. The molecular weight excluding hydrogens is 300 g/mol. The maximum Gasteiger partial charge on any atom is 0.337 e. The van der Waals surface area contributed by atoms with Crippen LogP contribution in [-0.4, -0.2) is 35.7 Å². The molecule has 0 aliphatic carbocycles. The number of aromatic carboxylic acids is 1. The molecule has 0 aliphatic rings. The summed E-state index contributed by atoms with van der Waals surface area (Å²) in [4.78, 5) is 18.8. The van der Waals surface area contributed by atoms with Gasteiger partial charge in [-0.1, -0.05) is 0 Å². The molecule has 0 amide bonds. The lowest BCUT2D eigenvalue weighted by Crippen LogP contribution is -2.01. The van der Waals surface area contributed by atoms with E-state index in [4.69, 9.17) is 5.11 Å². The molecule has 0 unspecified atom stereocenters. The Labute approximate surface area is 119 Å². The van der Waals surface area contributed by atoms with E-state index in [0.717, 1.165) is 18.0 Å². The molecule has 2 heterocycles. The van der Waals surface area contributed by atoms with Crippen molar-refractivity contribution < 1.29 is 18.3 Å². The molecule has 20 heavy (non-hydrogen) atoms. The van der Waals surface area contributed by atoms with Gasteiger partial charge in [0.05, 0.1) is 10.5 Å². The highest BCUT2D eigenvalue weighted by atomic mass is 32.2. The Kier molecular flexibility index (Phi) is 4.05. The van der Waals surface area contributed by atoms with Crippen LogP contribution in [0.1, 0.15) is 10.4 Å². The number of hydrogen-bond acceptors (Lipinski definition) is 6. The number of carbonyl (C=O) groups is 1. The van der Waals surface area contributed by atoms with Crippen LogP contribution in [0.4, 0.5) is 0 Å². The van der Waals surface area contributed by atoms with Crippen LogP contribution in [0.25, 0.3) is 0 Å². The van der Waals surface area contributed by atoms with Gasteiger partial charge in [-0.3, -0.25) is 0 Å². The zero-order chi connectivity index (χ0) is 14.8. The molecule has 2 aromatic rings. The lowest BCUT2D eigenvalue weighted by molar-refractivity contribution is 0.0696. The average Bonchev–Trinajstić information content (AvgIpc) is 2.38. The summed E-state index contributed by atoms with van der Waals surface area (Å²) in [5.74, 6) is -1.07. The van der Waals surface area contributed by atoms with Crippen molar-refractivity contribution in [3.05, 3.63) is 42.2 Å². The Morgan fingerprint density at radius 2 is 2.00 bits per heavy atom. The molecule has 0 atom stereocenters. The number of sulfone groups is 1. The largest absolute Gasteiger partial charge is 0.478 e. The third kappa shape index (κ3) is 3.34. The number of aromatic nitrogens is 2. The quantitative estimate of drug-likeness (QED) is 0.918. The number of rotatable bonds is 4. The van der Waals surface area contributed by atoms with Gasteiger partial charge in [-0.15, -0.1) is 0 Å². The monoisotopic (exact) mass is 310 g/mol. The van der Waals surface area contributed by atoms with Crippen LogP contribution in [-0.2, 0) is 9.84 Å². The van der Waals surface area contributed by atoms with Gasteiger partial charge in [0.1, 0.15) is 10.1 Å². The summed E-state index contributed by atoms with van der Waals surface area (Å²) >= 11 is 1.07. The Hall–Kier alpha value is -1.93. The molecule has 0 radical (unpaired) electrons. The molecule has 104 valence electrons. The number of carboxylic acids is 1. The molecule has 0 aliphatic heterocycles. The van der Waals surface area contributed by atoms with Crippen LogP contribution in [0.15, 0.2) is 51.6 Å². The van der Waals surface area contributed by atoms with Gasteiger partial charge in [-0.2, -0.15) is 0 Å². The molecule has 8 heteroatoms. The zero-order valence-corrected chi connectivity index (χ0v) is 12.0. The van der Waals surface area contributed by atoms with Gasteiger partial charge in [0.25, 0.3) is 0 Å². The van der Waals surface area contributed by atoms with Gasteiger partial charge in [0.15, 0.2) is 9.84 Å². The Morgan fingerprint density at radius 3 is 2.55 bits per heavy atom. The molecule has 2 aromatic heterocycles. The second-order valence-electron chi connectivity index (χ2n) is 3.87. The first-order valence-electron chi connectivity index (χ1n) is 5.40. The SMILES string of the molecule is CS(=O)(=O)c1cccnc1Sc1ccc(C(=O)O)cn1. The van der Waals surface area contributed by atoms with Gasteiger partial charge < -0.3 is 5.11 Å². The number of nitrogens with zero attached hydrogens (tertiary/aromatic N) is 2. The van der Waals surface area contributed by atoms with Crippen LogP contribution in [0.3, 0.4) is 0 Å². The van der Waals surface area contributed by atoms with Crippen molar-refractivity contribution >= 4 is 27.6 Å². The lowest BCUT2D eigenvalue weighted by atomic mass is 10.3. The predicted octanol–water partition coefficient (Wildman–Crippen LogP) is 1.73. The number of carboxylic acid groups (broad SMARTS) is 1. The molecule has 0 spiro atoms. The summed E-state index contributed by atoms with van der Waals surface area (Å²) in [6.07, 6.45) is 3.81. The minimum Gasteiger partial charge on any atom is -0.478 e. The van der Waals surface area contributed by atoms with E-state index in [0.29, 0.717) is 10.1 Å². The topological polar surface area (TPSA) is 97.2 Å². The highest BCUT2D eigenvalue weighted by molar-refractivity contribution is 8.00. The van der Waals surface area contributed by atoms with Gasteiger partial charge in [-0.25, -0.2) is 23.2 Å². The molecule has 2 rings (SSSR count). The predicted molar refractivity (Wildman–Crippen MR) is 72.7 cm³/mol. The first-order chi connectivity index (χ1) is 9.38. The Morgan fingerprint density at radius 1 is 1.25 bits per heavy atom. The summed E-state index contributed by atoms with van der Waals surface area (Å²) in [6, 6.07) is 5.92. The summed E-state index contributed by atoms with van der Waals surface area (Å²) < 4.78 is 23.3. The lowest BCUT2D eigenvalue weighted by Gasteiger charge is -2.05. The minimum absolute atomic E-state index is 0.0682. The van der Waals surface area contributed by atoms with Crippen molar-refractivity contribution in [3.8, 4) is 0 Å². The van der Waals surface area contributed by atoms with Gasteiger partial charge >= 0.3 is 5.97 Å². The fourth-order valence-electron chi connectivity index (χ4n) is 1.40. The molecule has 0 saturated heterocycles. The molecule has 1 N–H and O–H groups in total. The van der Waals surface area contributed by atoms with Crippen LogP contribution in [0.5, 0.6) is 0 Å². The van der Waals surface area contributed by atoms with E-state index in [2.05, 4.69) is 9.97 Å². The van der Waals surface area contributed by atoms with Gasteiger partial charge in [0, 0.05) is 18.6 Å². The van der Waals surface area contributed by atoms with Gasteiger partial charge in [0.2, 0.25) is 0 Å². The van der Waals surface area contributed by atoms with E-state index in [1.165, 1.54) is 30.6 Å². The van der Waals surface area contributed by atoms with E-state index in [9.17, 15) is 13.2 Å². The first-order valence-corrected chi connectivity index (χ1v) is 8.11. The van der Waals surface area contributed by atoms with Crippen molar-refractivity contribution in [3.63, 3.8) is 0 Å². The normalized spacial score (nSPS) is 11.2. The van der Waals surface area contributed by atoms with Crippen LogP contribution in [0.2, 0.25) is 0 Å².